The van der Waals surface area contributed by atoms with Gasteiger partial charge in [-0.1, -0.05) is 29.3 Å². The zero-order chi connectivity index (χ0) is 11.5. The van der Waals surface area contributed by atoms with Crippen LogP contribution in [-0.4, -0.2) is 20.5 Å². The molecule has 0 saturated carbocycles. The van der Waals surface area contributed by atoms with E-state index in [2.05, 4.69) is 47.5 Å². The fraction of sp³-hybridized carbons (Fsp3) is 0.333. The number of aliphatic hydroxyl groups is 1. The van der Waals surface area contributed by atoms with E-state index in [1.807, 2.05) is 0 Å². The van der Waals surface area contributed by atoms with Crippen molar-refractivity contribution in [2.24, 2.45) is 0 Å². The van der Waals surface area contributed by atoms with Gasteiger partial charge in [0.1, 0.15) is 11.8 Å². The molecule has 1 atom stereocenters. The van der Waals surface area contributed by atoms with E-state index in [0.717, 1.165) is 5.56 Å². The van der Waals surface area contributed by atoms with Gasteiger partial charge in [0.05, 0.1) is 6.20 Å². The highest BCUT2D eigenvalue weighted by Crippen LogP contribution is 2.17. The Balaban J connectivity index is 2.15. The Kier molecular flexibility index (Phi) is 3.01. The van der Waals surface area contributed by atoms with Gasteiger partial charge < -0.3 is 5.11 Å². The quantitative estimate of drug-likeness (QED) is 0.822. The van der Waals surface area contributed by atoms with Gasteiger partial charge in [-0.2, -0.15) is 15.4 Å². The molecule has 0 aliphatic heterocycles. The number of aliphatic hydroxyl groups excluding tert-OH is 1. The van der Waals surface area contributed by atoms with Crippen LogP contribution in [0.15, 0.2) is 24.4 Å². The van der Waals surface area contributed by atoms with E-state index in [-0.39, 0.29) is 0 Å². The van der Waals surface area contributed by atoms with Gasteiger partial charge in [0.25, 0.3) is 0 Å². The smallest absolute Gasteiger partial charge is 0.111 e. The Morgan fingerprint density at radius 2 is 1.94 bits per heavy atom. The number of hydrogen-bond acceptors (Lipinski definition) is 3. The largest absolute Gasteiger partial charge is 0.386 e. The van der Waals surface area contributed by atoms with Gasteiger partial charge in [0.15, 0.2) is 0 Å². The summed E-state index contributed by atoms with van der Waals surface area (Å²) >= 11 is 0. The molecule has 0 aliphatic carbocycles. The third-order valence-corrected chi connectivity index (χ3v) is 2.49. The molecular formula is C12H15N3O. The van der Waals surface area contributed by atoms with E-state index in [9.17, 15) is 5.11 Å². The molecule has 1 unspecified atom stereocenters. The van der Waals surface area contributed by atoms with Crippen LogP contribution in [0.3, 0.4) is 0 Å². The van der Waals surface area contributed by atoms with E-state index in [1.54, 1.807) is 6.20 Å². The molecule has 0 bridgehead atoms. The maximum absolute atomic E-state index is 9.92. The number of benzene rings is 1. The third-order valence-electron chi connectivity index (χ3n) is 2.49. The molecule has 16 heavy (non-hydrogen) atoms. The minimum absolute atomic E-state index is 0.565. The monoisotopic (exact) mass is 217 g/mol. The molecule has 0 amide bonds. The first-order valence-corrected chi connectivity index (χ1v) is 5.26. The Labute approximate surface area is 94.3 Å². The average Bonchev–Trinajstić information content (AvgIpc) is 2.68. The molecule has 1 aromatic heterocycles. The first-order chi connectivity index (χ1) is 7.65. The van der Waals surface area contributed by atoms with Crippen LogP contribution in [0.25, 0.3) is 0 Å². The van der Waals surface area contributed by atoms with Crippen LogP contribution >= 0.6 is 0 Å². The molecule has 4 nitrogen and oxygen atoms in total. The molecule has 0 radical (unpaired) electrons. The first-order valence-electron chi connectivity index (χ1n) is 5.26. The van der Waals surface area contributed by atoms with E-state index in [1.165, 1.54) is 11.1 Å². The van der Waals surface area contributed by atoms with E-state index >= 15 is 0 Å². The summed E-state index contributed by atoms with van der Waals surface area (Å²) in [5, 5.41) is 20.0. The normalized spacial score (nSPS) is 12.7. The summed E-state index contributed by atoms with van der Waals surface area (Å²) in [6.45, 7) is 4.11. The molecule has 0 aliphatic rings. The van der Waals surface area contributed by atoms with Crippen molar-refractivity contribution in [3.05, 3.63) is 46.8 Å². The highest BCUT2D eigenvalue weighted by Gasteiger charge is 2.11. The summed E-state index contributed by atoms with van der Waals surface area (Å²) in [6.07, 6.45) is 1.52. The van der Waals surface area contributed by atoms with Gasteiger partial charge in [-0.15, -0.1) is 0 Å². The highest BCUT2D eigenvalue weighted by atomic mass is 16.3. The van der Waals surface area contributed by atoms with Crippen molar-refractivity contribution in [3.8, 4) is 0 Å². The van der Waals surface area contributed by atoms with Crippen molar-refractivity contribution in [3.63, 3.8) is 0 Å². The molecular weight excluding hydrogens is 202 g/mol. The average molecular weight is 217 g/mol. The minimum Gasteiger partial charge on any atom is -0.386 e. The molecule has 4 heteroatoms. The second-order valence-electron chi connectivity index (χ2n) is 4.11. The zero-order valence-electron chi connectivity index (χ0n) is 9.44. The summed E-state index contributed by atoms with van der Waals surface area (Å²) in [4.78, 5) is 0. The number of aromatic amines is 1. The van der Waals surface area contributed by atoms with Gasteiger partial charge in [0, 0.05) is 6.42 Å². The van der Waals surface area contributed by atoms with Gasteiger partial charge in [-0.05, 0) is 19.4 Å². The number of aryl methyl sites for hydroxylation is 2. The van der Waals surface area contributed by atoms with Gasteiger partial charge >= 0.3 is 0 Å². The minimum atomic E-state index is -0.597. The van der Waals surface area contributed by atoms with Gasteiger partial charge in [-0.3, -0.25) is 0 Å². The van der Waals surface area contributed by atoms with Crippen molar-refractivity contribution in [1.29, 1.82) is 0 Å². The molecule has 2 N–H and O–H groups in total. The van der Waals surface area contributed by atoms with Gasteiger partial charge in [0.2, 0.25) is 0 Å². The first kappa shape index (κ1) is 10.8. The lowest BCUT2D eigenvalue weighted by molar-refractivity contribution is 0.173. The third kappa shape index (κ3) is 2.46. The summed E-state index contributed by atoms with van der Waals surface area (Å²) < 4.78 is 0. The van der Waals surface area contributed by atoms with E-state index in [4.69, 9.17) is 0 Å². The molecule has 1 aromatic carbocycles. The summed E-state index contributed by atoms with van der Waals surface area (Å²) in [6, 6.07) is 6.28. The summed E-state index contributed by atoms with van der Waals surface area (Å²) in [5.41, 5.74) is 4.12. The van der Waals surface area contributed by atoms with Crippen molar-refractivity contribution in [2.75, 3.05) is 0 Å². The zero-order valence-corrected chi connectivity index (χ0v) is 9.44. The number of H-pyrrole nitrogens is 1. The van der Waals surface area contributed by atoms with E-state index in [0.29, 0.717) is 12.1 Å². The van der Waals surface area contributed by atoms with Crippen LogP contribution in [0, 0.1) is 13.8 Å². The van der Waals surface area contributed by atoms with Crippen LogP contribution in [0.4, 0.5) is 0 Å². The molecule has 2 rings (SSSR count). The van der Waals surface area contributed by atoms with Crippen molar-refractivity contribution < 1.29 is 5.11 Å². The van der Waals surface area contributed by atoms with Gasteiger partial charge in [-0.25, -0.2) is 0 Å². The van der Waals surface area contributed by atoms with Crippen molar-refractivity contribution >= 4 is 0 Å². The lowest BCUT2D eigenvalue weighted by Gasteiger charge is -2.09. The highest BCUT2D eigenvalue weighted by molar-refractivity contribution is 5.29. The van der Waals surface area contributed by atoms with Crippen molar-refractivity contribution in [2.45, 2.75) is 26.4 Å². The SMILES string of the molecule is Cc1cc(C)cc(CC(O)c2cn[nH]n2)c1. The second-order valence-corrected chi connectivity index (χ2v) is 4.11. The lowest BCUT2D eigenvalue weighted by Crippen LogP contribution is -2.02. The molecule has 0 saturated heterocycles. The summed E-state index contributed by atoms with van der Waals surface area (Å²) in [7, 11) is 0. The molecule has 2 aromatic rings. The van der Waals surface area contributed by atoms with Crippen LogP contribution in [0.5, 0.6) is 0 Å². The standard InChI is InChI=1S/C12H15N3O/c1-8-3-9(2)5-10(4-8)6-12(16)11-7-13-15-14-11/h3-5,7,12,16H,6H2,1-2H3,(H,13,14,15). The molecule has 0 spiro atoms. The van der Waals surface area contributed by atoms with Crippen LogP contribution in [0.1, 0.15) is 28.5 Å². The predicted molar refractivity (Wildman–Crippen MR) is 61.0 cm³/mol. The maximum Gasteiger partial charge on any atom is 0.111 e. The predicted octanol–water partition coefficient (Wildman–Crippen LogP) is 1.70. The summed E-state index contributed by atoms with van der Waals surface area (Å²) in [5.74, 6) is 0. The Bertz CT molecular complexity index is 445. The van der Waals surface area contributed by atoms with Crippen LogP contribution in [0.2, 0.25) is 0 Å². The topological polar surface area (TPSA) is 61.8 Å². The van der Waals surface area contributed by atoms with Crippen molar-refractivity contribution in [1.82, 2.24) is 15.4 Å². The Hall–Kier alpha value is -1.68. The number of hydrogen-bond donors (Lipinski definition) is 2. The fourth-order valence-electron chi connectivity index (χ4n) is 1.89. The molecule has 1 heterocycles. The number of aromatic nitrogens is 3. The number of nitrogens with one attached hydrogen (secondary N) is 1. The molecule has 84 valence electrons. The second kappa shape index (κ2) is 4.45. The van der Waals surface area contributed by atoms with Crippen LogP contribution in [-0.2, 0) is 6.42 Å². The number of nitrogens with zero attached hydrogens (tertiary/aromatic N) is 2. The Morgan fingerprint density at radius 3 is 2.50 bits per heavy atom. The van der Waals surface area contributed by atoms with Crippen LogP contribution < -0.4 is 0 Å². The maximum atomic E-state index is 9.92. The fourth-order valence-corrected chi connectivity index (χ4v) is 1.89. The number of rotatable bonds is 3. The van der Waals surface area contributed by atoms with E-state index < -0.39 is 6.10 Å². The molecule has 0 fully saturated rings. The Morgan fingerprint density at radius 1 is 1.25 bits per heavy atom. The lowest BCUT2D eigenvalue weighted by atomic mass is 10.0.